The van der Waals surface area contributed by atoms with Gasteiger partial charge in [-0.15, -0.1) is 11.3 Å². The summed E-state index contributed by atoms with van der Waals surface area (Å²) in [6, 6.07) is 11.4. The van der Waals surface area contributed by atoms with Gasteiger partial charge in [0.1, 0.15) is 5.60 Å². The Bertz CT molecular complexity index is 634. The second-order valence-electron chi connectivity index (χ2n) is 5.67. The molecule has 2 N–H and O–H groups in total. The Balaban J connectivity index is 1.74. The Morgan fingerprint density at radius 1 is 1.33 bits per heavy atom. The molecule has 2 aromatic rings. The number of carbonyl (C=O) groups is 1. The number of hydrogen-bond donors (Lipinski definition) is 2. The lowest BCUT2D eigenvalue weighted by Crippen LogP contribution is -2.42. The number of benzene rings is 1. The van der Waals surface area contributed by atoms with Gasteiger partial charge in [-0.2, -0.15) is 0 Å². The van der Waals surface area contributed by atoms with Crippen LogP contribution in [0.1, 0.15) is 33.6 Å². The van der Waals surface area contributed by atoms with Gasteiger partial charge in [-0.25, -0.2) is 0 Å². The molecular formula is C17H19NO2S. The minimum absolute atomic E-state index is 0.122. The van der Waals surface area contributed by atoms with Crippen molar-refractivity contribution >= 4 is 17.2 Å². The van der Waals surface area contributed by atoms with Crippen LogP contribution in [0.25, 0.3) is 0 Å². The topological polar surface area (TPSA) is 49.3 Å². The Morgan fingerprint density at radius 3 is 2.71 bits per heavy atom. The van der Waals surface area contributed by atoms with Crippen molar-refractivity contribution in [3.8, 4) is 0 Å². The third-order valence-corrected chi connectivity index (χ3v) is 5.15. The summed E-state index contributed by atoms with van der Waals surface area (Å²) in [5.41, 5.74) is 0.690. The molecule has 1 saturated carbocycles. The number of hydrogen-bond acceptors (Lipinski definition) is 3. The van der Waals surface area contributed by atoms with E-state index in [-0.39, 0.29) is 18.4 Å². The van der Waals surface area contributed by atoms with Crippen LogP contribution in [0, 0.1) is 12.8 Å². The van der Waals surface area contributed by atoms with Crippen LogP contribution in [-0.4, -0.2) is 17.6 Å². The maximum atomic E-state index is 12.3. The van der Waals surface area contributed by atoms with Gasteiger partial charge in [0, 0.05) is 10.4 Å². The van der Waals surface area contributed by atoms with Crippen LogP contribution >= 0.6 is 11.3 Å². The number of aryl methyl sites for hydroxylation is 1. The summed E-state index contributed by atoms with van der Waals surface area (Å²) < 4.78 is 0. The summed E-state index contributed by atoms with van der Waals surface area (Å²) in [6.07, 6.45) is 2.04. The minimum atomic E-state index is -0.924. The normalized spacial score (nSPS) is 17.2. The van der Waals surface area contributed by atoms with E-state index in [0.29, 0.717) is 5.56 Å². The second kappa shape index (κ2) is 5.62. The summed E-state index contributed by atoms with van der Waals surface area (Å²) in [7, 11) is 0. The molecule has 110 valence electrons. The van der Waals surface area contributed by atoms with Crippen molar-refractivity contribution in [2.45, 2.75) is 25.4 Å². The molecule has 21 heavy (non-hydrogen) atoms. The van der Waals surface area contributed by atoms with Crippen LogP contribution in [0.2, 0.25) is 0 Å². The van der Waals surface area contributed by atoms with Crippen molar-refractivity contribution in [1.29, 1.82) is 0 Å². The van der Waals surface area contributed by atoms with Crippen molar-refractivity contribution in [1.82, 2.24) is 5.32 Å². The summed E-state index contributed by atoms with van der Waals surface area (Å²) in [5, 5.41) is 15.8. The zero-order chi connectivity index (χ0) is 14.9. The quantitative estimate of drug-likeness (QED) is 0.891. The van der Waals surface area contributed by atoms with E-state index >= 15 is 0 Å². The van der Waals surface area contributed by atoms with Gasteiger partial charge >= 0.3 is 0 Å². The van der Waals surface area contributed by atoms with Crippen molar-refractivity contribution < 1.29 is 9.90 Å². The van der Waals surface area contributed by atoms with Crippen molar-refractivity contribution in [3.63, 3.8) is 0 Å². The van der Waals surface area contributed by atoms with Gasteiger partial charge in [0.25, 0.3) is 5.91 Å². The second-order valence-corrected chi connectivity index (χ2v) is 6.62. The van der Waals surface area contributed by atoms with Crippen molar-refractivity contribution in [2.75, 3.05) is 6.54 Å². The fourth-order valence-electron chi connectivity index (χ4n) is 2.66. The predicted molar refractivity (Wildman–Crippen MR) is 84.5 cm³/mol. The molecule has 3 rings (SSSR count). The van der Waals surface area contributed by atoms with E-state index in [9.17, 15) is 9.90 Å². The van der Waals surface area contributed by atoms with Crippen LogP contribution in [0.4, 0.5) is 0 Å². The number of rotatable bonds is 5. The van der Waals surface area contributed by atoms with Crippen molar-refractivity contribution in [3.05, 3.63) is 57.8 Å². The molecule has 1 aliphatic carbocycles. The Kier molecular flexibility index (Phi) is 3.83. The molecule has 1 aromatic heterocycles. The number of aliphatic hydroxyl groups is 1. The lowest BCUT2D eigenvalue weighted by atomic mass is 9.95. The van der Waals surface area contributed by atoms with E-state index in [1.54, 1.807) is 11.3 Å². The van der Waals surface area contributed by atoms with E-state index in [1.807, 2.05) is 48.7 Å². The van der Waals surface area contributed by atoms with Crippen LogP contribution in [0.5, 0.6) is 0 Å². The predicted octanol–water partition coefficient (Wildman–Crippen LogP) is 3.08. The van der Waals surface area contributed by atoms with Gasteiger partial charge in [0.2, 0.25) is 0 Å². The molecule has 0 saturated heterocycles. The summed E-state index contributed by atoms with van der Waals surface area (Å²) in [4.78, 5) is 13.2. The lowest BCUT2D eigenvalue weighted by molar-refractivity contribution is 0.0169. The first-order valence-electron chi connectivity index (χ1n) is 7.21. The highest BCUT2D eigenvalue weighted by molar-refractivity contribution is 7.10. The molecule has 1 atom stereocenters. The van der Waals surface area contributed by atoms with E-state index in [2.05, 4.69) is 5.32 Å². The molecule has 4 heteroatoms. The summed E-state index contributed by atoms with van der Waals surface area (Å²) in [5.74, 6) is 0.136. The lowest BCUT2D eigenvalue weighted by Gasteiger charge is -2.27. The average Bonchev–Trinajstić information content (AvgIpc) is 3.20. The highest BCUT2D eigenvalue weighted by atomic mass is 32.1. The van der Waals surface area contributed by atoms with E-state index in [4.69, 9.17) is 0 Å². The third-order valence-electron chi connectivity index (χ3n) is 4.11. The van der Waals surface area contributed by atoms with Crippen molar-refractivity contribution in [2.24, 2.45) is 5.92 Å². The molecule has 1 aliphatic rings. The van der Waals surface area contributed by atoms with Gasteiger partial charge < -0.3 is 10.4 Å². The molecule has 0 spiro atoms. The fraction of sp³-hybridized carbons (Fsp3) is 0.353. The van der Waals surface area contributed by atoms with Crippen LogP contribution in [0.15, 0.2) is 41.8 Å². The van der Waals surface area contributed by atoms with Gasteiger partial charge in [-0.3, -0.25) is 4.79 Å². The zero-order valence-corrected chi connectivity index (χ0v) is 12.8. The molecule has 1 heterocycles. The van der Waals surface area contributed by atoms with Crippen LogP contribution in [-0.2, 0) is 5.60 Å². The van der Waals surface area contributed by atoms with E-state index in [1.165, 1.54) is 0 Å². The van der Waals surface area contributed by atoms with Gasteiger partial charge in [0.15, 0.2) is 0 Å². The molecule has 1 unspecified atom stereocenters. The Hall–Kier alpha value is -1.65. The molecule has 0 bridgehead atoms. The first kappa shape index (κ1) is 14.3. The Morgan fingerprint density at radius 2 is 2.10 bits per heavy atom. The summed E-state index contributed by atoms with van der Waals surface area (Å²) in [6.45, 7) is 2.19. The fourth-order valence-corrected chi connectivity index (χ4v) is 3.56. The highest BCUT2D eigenvalue weighted by Crippen LogP contribution is 2.46. The largest absolute Gasteiger partial charge is 0.382 e. The van der Waals surface area contributed by atoms with Gasteiger partial charge in [-0.1, -0.05) is 24.3 Å². The number of amides is 1. The molecule has 0 aliphatic heterocycles. The molecular weight excluding hydrogens is 282 g/mol. The maximum absolute atomic E-state index is 12.3. The highest BCUT2D eigenvalue weighted by Gasteiger charge is 2.46. The standard InChI is InChI=1S/C17H19NO2S/c1-12-5-2-3-6-14(12)16(19)18-11-17(20,13-8-9-13)15-7-4-10-21-15/h2-7,10,13,20H,8-9,11H2,1H3,(H,18,19). The average molecular weight is 301 g/mol. The molecule has 1 aromatic carbocycles. The SMILES string of the molecule is Cc1ccccc1C(=O)NCC(O)(c1cccs1)C1CC1. The molecule has 0 radical (unpaired) electrons. The van der Waals surface area contributed by atoms with Gasteiger partial charge in [0.05, 0.1) is 6.54 Å². The van der Waals surface area contributed by atoms with Crippen LogP contribution < -0.4 is 5.32 Å². The van der Waals surface area contributed by atoms with E-state index in [0.717, 1.165) is 23.3 Å². The monoisotopic (exact) mass is 301 g/mol. The first-order chi connectivity index (χ1) is 10.1. The number of thiophene rings is 1. The number of carbonyl (C=O) groups excluding carboxylic acids is 1. The first-order valence-corrected chi connectivity index (χ1v) is 8.09. The molecule has 1 amide bonds. The summed E-state index contributed by atoms with van der Waals surface area (Å²) >= 11 is 1.55. The maximum Gasteiger partial charge on any atom is 0.251 e. The Labute approximate surface area is 128 Å². The van der Waals surface area contributed by atoms with Crippen LogP contribution in [0.3, 0.4) is 0 Å². The molecule has 3 nitrogen and oxygen atoms in total. The smallest absolute Gasteiger partial charge is 0.251 e. The number of nitrogens with one attached hydrogen (secondary N) is 1. The third kappa shape index (κ3) is 2.87. The van der Waals surface area contributed by atoms with E-state index < -0.39 is 5.60 Å². The minimum Gasteiger partial charge on any atom is -0.382 e. The zero-order valence-electron chi connectivity index (χ0n) is 12.0. The van der Waals surface area contributed by atoms with Gasteiger partial charge in [-0.05, 0) is 48.8 Å². The molecule has 1 fully saturated rings.